The molecule has 0 aliphatic heterocycles. The first kappa shape index (κ1) is 8.31. The maximum atomic E-state index is 11.0. The molecule has 0 spiro atoms. The third-order valence-corrected chi connectivity index (χ3v) is 2.51. The van der Waals surface area contributed by atoms with Gasteiger partial charge in [-0.1, -0.05) is 0 Å². The molecule has 66 valence electrons. The van der Waals surface area contributed by atoms with Gasteiger partial charge in [0.1, 0.15) is 0 Å². The van der Waals surface area contributed by atoms with Crippen LogP contribution in [0.3, 0.4) is 0 Å². The molecular weight excluding hydrogens is 184 g/mol. The maximum absolute atomic E-state index is 11.0. The molecule has 0 amide bonds. The molecule has 3 nitrogen and oxygen atoms in total. The third-order valence-electron chi connectivity index (χ3n) is 1.78. The lowest BCUT2D eigenvalue weighted by atomic mass is 10.3. The average Bonchev–Trinajstić information content (AvgIpc) is 2.16. The number of H-pyrrole nitrogens is 1. The first-order valence-electron chi connectivity index (χ1n) is 3.83. The summed E-state index contributed by atoms with van der Waals surface area (Å²) in [6.45, 7) is 0. The number of aromatic amines is 1. The first-order chi connectivity index (χ1) is 6.29. The first-order valence-corrected chi connectivity index (χ1v) is 5.05. The fraction of sp³-hybridized carbons (Fsp3) is 0.111. The second-order valence-electron chi connectivity index (χ2n) is 2.63. The predicted octanol–water partition coefficient (Wildman–Crippen LogP) is 1.64. The smallest absolute Gasteiger partial charge is 0.266 e. The molecule has 1 aromatic carbocycles. The summed E-state index contributed by atoms with van der Waals surface area (Å²) < 4.78 is 0. The second-order valence-corrected chi connectivity index (χ2v) is 3.51. The molecule has 4 heteroatoms. The lowest BCUT2D eigenvalue weighted by Crippen LogP contribution is -2.04. The summed E-state index contributed by atoms with van der Waals surface area (Å²) in [6.07, 6.45) is 3.29. The van der Waals surface area contributed by atoms with Crippen molar-refractivity contribution in [3.63, 3.8) is 0 Å². The van der Waals surface area contributed by atoms with Gasteiger partial charge in [-0.25, -0.2) is 4.98 Å². The Morgan fingerprint density at radius 1 is 1.46 bits per heavy atom. The fourth-order valence-electron chi connectivity index (χ4n) is 1.15. The van der Waals surface area contributed by atoms with Crippen molar-refractivity contribution in [2.75, 3.05) is 6.26 Å². The van der Waals surface area contributed by atoms with Crippen molar-refractivity contribution in [3.05, 3.63) is 34.7 Å². The topological polar surface area (TPSA) is 45.8 Å². The molecule has 1 heterocycles. The third kappa shape index (κ3) is 1.58. The van der Waals surface area contributed by atoms with Crippen molar-refractivity contribution in [2.24, 2.45) is 0 Å². The van der Waals surface area contributed by atoms with E-state index in [1.807, 2.05) is 24.5 Å². The van der Waals surface area contributed by atoms with Crippen LogP contribution in [-0.2, 0) is 0 Å². The normalized spacial score (nSPS) is 10.5. The van der Waals surface area contributed by atoms with E-state index in [4.69, 9.17) is 0 Å². The van der Waals surface area contributed by atoms with Crippen molar-refractivity contribution >= 4 is 22.8 Å². The highest BCUT2D eigenvalue weighted by atomic mass is 32.2. The van der Waals surface area contributed by atoms with Crippen molar-refractivity contribution in [3.8, 4) is 0 Å². The molecule has 13 heavy (non-hydrogen) atoms. The largest absolute Gasteiger partial charge is 0.319 e. The van der Waals surface area contributed by atoms with Crippen molar-refractivity contribution in [1.29, 1.82) is 0 Å². The van der Waals surface area contributed by atoms with E-state index < -0.39 is 0 Å². The van der Waals surface area contributed by atoms with E-state index in [1.54, 1.807) is 11.8 Å². The summed E-state index contributed by atoms with van der Waals surface area (Å²) in [5.74, 6) is 0. The van der Waals surface area contributed by atoms with Crippen molar-refractivity contribution in [1.82, 2.24) is 9.97 Å². The summed E-state index contributed by atoms with van der Waals surface area (Å²) in [5.41, 5.74) is 1.45. The molecule has 1 N–H and O–H groups in total. The number of rotatable bonds is 1. The molecule has 0 unspecified atom stereocenters. The Kier molecular flexibility index (Phi) is 2.06. The molecular formula is C9H8N2OS. The highest BCUT2D eigenvalue weighted by Crippen LogP contribution is 2.17. The predicted molar refractivity (Wildman–Crippen MR) is 54.1 cm³/mol. The van der Waals surface area contributed by atoms with E-state index in [9.17, 15) is 4.79 Å². The Labute approximate surface area is 79.2 Å². The number of nitrogens with zero attached hydrogens (tertiary/aromatic N) is 1. The standard InChI is InChI=1S/C9H8N2OS/c1-13-6-2-3-7-8(4-6)11-9(12)5-10-7/h2-5H,1H3,(H,11,12). The van der Waals surface area contributed by atoms with Gasteiger partial charge in [-0.3, -0.25) is 4.79 Å². The Hall–Kier alpha value is -1.29. The zero-order valence-corrected chi connectivity index (χ0v) is 7.89. The zero-order chi connectivity index (χ0) is 9.26. The molecule has 0 saturated heterocycles. The van der Waals surface area contributed by atoms with Crippen LogP contribution in [0.2, 0.25) is 0 Å². The van der Waals surface area contributed by atoms with Crippen LogP contribution in [0.1, 0.15) is 0 Å². The molecule has 0 aliphatic rings. The van der Waals surface area contributed by atoms with E-state index in [0.29, 0.717) is 0 Å². The van der Waals surface area contributed by atoms with Gasteiger partial charge in [-0.2, -0.15) is 0 Å². The van der Waals surface area contributed by atoms with Gasteiger partial charge in [0, 0.05) is 4.90 Å². The van der Waals surface area contributed by atoms with Crippen LogP contribution in [0.25, 0.3) is 11.0 Å². The molecule has 0 saturated carbocycles. The van der Waals surface area contributed by atoms with Gasteiger partial charge in [0.05, 0.1) is 17.2 Å². The van der Waals surface area contributed by atoms with Crippen LogP contribution in [0.4, 0.5) is 0 Å². The number of hydrogen-bond acceptors (Lipinski definition) is 3. The maximum Gasteiger partial charge on any atom is 0.266 e. The Morgan fingerprint density at radius 3 is 3.08 bits per heavy atom. The highest BCUT2D eigenvalue weighted by molar-refractivity contribution is 7.98. The van der Waals surface area contributed by atoms with Gasteiger partial charge in [-0.15, -0.1) is 11.8 Å². The summed E-state index contributed by atoms with van der Waals surface area (Å²) in [7, 11) is 0. The van der Waals surface area contributed by atoms with Gasteiger partial charge in [0.15, 0.2) is 0 Å². The number of benzene rings is 1. The summed E-state index contributed by atoms with van der Waals surface area (Å²) in [4.78, 5) is 18.8. The Bertz CT molecular complexity index is 492. The molecule has 2 rings (SSSR count). The molecule has 2 aromatic rings. The summed E-state index contributed by atoms with van der Waals surface area (Å²) in [6, 6.07) is 5.81. The van der Waals surface area contributed by atoms with Gasteiger partial charge < -0.3 is 4.98 Å². The molecule has 0 fully saturated rings. The molecule has 0 atom stereocenters. The minimum absolute atomic E-state index is 0.161. The van der Waals surface area contributed by atoms with Crippen molar-refractivity contribution < 1.29 is 0 Å². The molecule has 1 aromatic heterocycles. The van der Waals surface area contributed by atoms with Crippen LogP contribution in [0.15, 0.2) is 34.1 Å². The highest BCUT2D eigenvalue weighted by Gasteiger charge is 1.96. The number of aromatic nitrogens is 2. The minimum Gasteiger partial charge on any atom is -0.319 e. The van der Waals surface area contributed by atoms with Crippen molar-refractivity contribution in [2.45, 2.75) is 4.90 Å². The quantitative estimate of drug-likeness (QED) is 0.699. The van der Waals surface area contributed by atoms with E-state index in [-0.39, 0.29) is 5.56 Å². The van der Waals surface area contributed by atoms with Crippen LogP contribution >= 0.6 is 11.8 Å². The number of hydrogen-bond donors (Lipinski definition) is 1. The molecule has 0 radical (unpaired) electrons. The summed E-state index contributed by atoms with van der Waals surface area (Å²) in [5, 5.41) is 0. The monoisotopic (exact) mass is 192 g/mol. The average molecular weight is 192 g/mol. The van der Waals surface area contributed by atoms with Crippen LogP contribution in [0.5, 0.6) is 0 Å². The lowest BCUT2D eigenvalue weighted by molar-refractivity contribution is 1.21. The zero-order valence-electron chi connectivity index (χ0n) is 7.07. The van der Waals surface area contributed by atoms with Crippen LogP contribution < -0.4 is 5.56 Å². The van der Waals surface area contributed by atoms with E-state index in [0.717, 1.165) is 15.9 Å². The van der Waals surface area contributed by atoms with E-state index in [1.165, 1.54) is 6.20 Å². The van der Waals surface area contributed by atoms with Gasteiger partial charge in [-0.05, 0) is 24.5 Å². The van der Waals surface area contributed by atoms with Crippen LogP contribution in [0, 0.1) is 0 Å². The van der Waals surface area contributed by atoms with E-state index >= 15 is 0 Å². The van der Waals surface area contributed by atoms with Gasteiger partial charge in [0.2, 0.25) is 0 Å². The summed E-state index contributed by atoms with van der Waals surface area (Å²) >= 11 is 1.64. The lowest BCUT2D eigenvalue weighted by Gasteiger charge is -1.98. The SMILES string of the molecule is CSc1ccc2ncc(=O)[nH]c2c1. The minimum atomic E-state index is -0.161. The van der Waals surface area contributed by atoms with E-state index in [2.05, 4.69) is 9.97 Å². The molecule has 0 aliphatic carbocycles. The van der Waals surface area contributed by atoms with Gasteiger partial charge >= 0.3 is 0 Å². The fourth-order valence-corrected chi connectivity index (χ4v) is 1.59. The second kappa shape index (κ2) is 3.22. The Morgan fingerprint density at radius 2 is 2.31 bits per heavy atom. The number of nitrogens with one attached hydrogen (secondary N) is 1. The van der Waals surface area contributed by atoms with Crippen LogP contribution in [-0.4, -0.2) is 16.2 Å². The Balaban J connectivity index is 2.75. The van der Waals surface area contributed by atoms with Gasteiger partial charge in [0.25, 0.3) is 5.56 Å². The molecule has 0 bridgehead atoms. The number of thioether (sulfide) groups is 1. The number of fused-ring (bicyclic) bond motifs is 1.